The van der Waals surface area contributed by atoms with Gasteiger partial charge in [0, 0.05) is 25.2 Å². The third kappa shape index (κ3) is 4.35. The quantitative estimate of drug-likeness (QED) is 0.636. The van der Waals surface area contributed by atoms with E-state index in [2.05, 4.69) is 39.9 Å². The SMILES string of the molecule is CN=C(NCC1CC1c1ccccc1)NC(C)c1ccc(F)cc1F. The van der Waals surface area contributed by atoms with Gasteiger partial charge in [0.05, 0.1) is 6.04 Å². The lowest BCUT2D eigenvalue weighted by atomic mass is 10.1. The zero-order valence-corrected chi connectivity index (χ0v) is 14.5. The monoisotopic (exact) mass is 343 g/mol. The summed E-state index contributed by atoms with van der Waals surface area (Å²) in [7, 11) is 1.69. The summed E-state index contributed by atoms with van der Waals surface area (Å²) in [6.07, 6.45) is 1.16. The summed E-state index contributed by atoms with van der Waals surface area (Å²) < 4.78 is 26.9. The van der Waals surface area contributed by atoms with Gasteiger partial charge in [-0.05, 0) is 36.8 Å². The highest BCUT2D eigenvalue weighted by Crippen LogP contribution is 2.46. The number of nitrogens with one attached hydrogen (secondary N) is 2. The van der Waals surface area contributed by atoms with E-state index in [1.807, 2.05) is 13.0 Å². The Hall–Kier alpha value is -2.43. The fraction of sp³-hybridized carbons (Fsp3) is 0.350. The van der Waals surface area contributed by atoms with E-state index in [4.69, 9.17) is 0 Å². The van der Waals surface area contributed by atoms with Crippen molar-refractivity contribution in [1.29, 1.82) is 0 Å². The number of hydrogen-bond donors (Lipinski definition) is 2. The molecule has 0 radical (unpaired) electrons. The summed E-state index contributed by atoms with van der Waals surface area (Å²) in [6.45, 7) is 2.64. The second kappa shape index (κ2) is 7.64. The van der Waals surface area contributed by atoms with E-state index in [1.165, 1.54) is 17.7 Å². The standard InChI is InChI=1S/C20H23F2N3/c1-13(17-9-8-16(21)11-19(17)22)25-20(23-2)24-12-15-10-18(15)14-6-4-3-5-7-14/h3-9,11,13,15,18H,10,12H2,1-2H3,(H2,23,24,25). The fourth-order valence-electron chi connectivity index (χ4n) is 3.14. The average molecular weight is 343 g/mol. The van der Waals surface area contributed by atoms with Gasteiger partial charge in [0.25, 0.3) is 0 Å². The molecule has 3 unspecified atom stereocenters. The Labute approximate surface area is 147 Å². The minimum Gasteiger partial charge on any atom is -0.356 e. The van der Waals surface area contributed by atoms with Crippen molar-refractivity contribution in [2.75, 3.05) is 13.6 Å². The van der Waals surface area contributed by atoms with Gasteiger partial charge in [-0.25, -0.2) is 8.78 Å². The van der Waals surface area contributed by atoms with Gasteiger partial charge in [-0.3, -0.25) is 4.99 Å². The fourth-order valence-corrected chi connectivity index (χ4v) is 3.14. The predicted molar refractivity (Wildman–Crippen MR) is 96.6 cm³/mol. The van der Waals surface area contributed by atoms with Crippen LogP contribution in [0.25, 0.3) is 0 Å². The minimum atomic E-state index is -0.573. The molecule has 1 aliphatic rings. The Morgan fingerprint density at radius 2 is 1.96 bits per heavy atom. The molecule has 0 aliphatic heterocycles. The molecule has 3 nitrogen and oxygen atoms in total. The van der Waals surface area contributed by atoms with Gasteiger partial charge in [0.1, 0.15) is 11.6 Å². The smallest absolute Gasteiger partial charge is 0.191 e. The third-order valence-electron chi connectivity index (χ3n) is 4.69. The number of rotatable bonds is 5. The van der Waals surface area contributed by atoms with Crippen LogP contribution in [0.2, 0.25) is 0 Å². The molecule has 0 amide bonds. The molecule has 0 heterocycles. The Morgan fingerprint density at radius 3 is 2.64 bits per heavy atom. The van der Waals surface area contributed by atoms with Crippen LogP contribution in [0.4, 0.5) is 8.78 Å². The van der Waals surface area contributed by atoms with Crippen LogP contribution < -0.4 is 10.6 Å². The molecule has 0 saturated heterocycles. The van der Waals surface area contributed by atoms with Gasteiger partial charge in [-0.2, -0.15) is 0 Å². The van der Waals surface area contributed by atoms with E-state index in [0.29, 0.717) is 23.4 Å². The Bertz CT molecular complexity index is 746. The van der Waals surface area contributed by atoms with E-state index < -0.39 is 11.6 Å². The number of hydrogen-bond acceptors (Lipinski definition) is 1. The number of benzene rings is 2. The van der Waals surface area contributed by atoms with Crippen LogP contribution in [0.1, 0.15) is 36.4 Å². The van der Waals surface area contributed by atoms with Gasteiger partial charge >= 0.3 is 0 Å². The third-order valence-corrected chi connectivity index (χ3v) is 4.69. The molecule has 132 valence electrons. The first kappa shape index (κ1) is 17.4. The summed E-state index contributed by atoms with van der Waals surface area (Å²) in [5.74, 6) is 0.672. The van der Waals surface area contributed by atoms with E-state index >= 15 is 0 Å². The Balaban J connectivity index is 1.52. The van der Waals surface area contributed by atoms with E-state index in [1.54, 1.807) is 7.05 Å². The normalized spacial score (nSPS) is 20.9. The van der Waals surface area contributed by atoms with Crippen molar-refractivity contribution in [3.8, 4) is 0 Å². The molecule has 5 heteroatoms. The maximum absolute atomic E-state index is 13.9. The van der Waals surface area contributed by atoms with Crippen LogP contribution in [0.5, 0.6) is 0 Å². The predicted octanol–water partition coefficient (Wildman–Crippen LogP) is 3.99. The van der Waals surface area contributed by atoms with Gasteiger partial charge in [-0.1, -0.05) is 36.4 Å². The molecule has 1 saturated carbocycles. The first-order valence-electron chi connectivity index (χ1n) is 8.55. The topological polar surface area (TPSA) is 36.4 Å². The Kier molecular flexibility index (Phi) is 5.31. The summed E-state index contributed by atoms with van der Waals surface area (Å²) in [5.41, 5.74) is 1.79. The zero-order chi connectivity index (χ0) is 17.8. The first-order valence-corrected chi connectivity index (χ1v) is 8.55. The second-order valence-corrected chi connectivity index (χ2v) is 6.50. The van der Waals surface area contributed by atoms with Crippen LogP contribution in [0, 0.1) is 17.6 Å². The first-order chi connectivity index (χ1) is 12.1. The number of halogens is 2. The van der Waals surface area contributed by atoms with E-state index in [0.717, 1.165) is 19.0 Å². The molecular formula is C20H23F2N3. The summed E-state index contributed by atoms with van der Waals surface area (Å²) in [6, 6.07) is 13.8. The highest BCUT2D eigenvalue weighted by Gasteiger charge is 2.37. The van der Waals surface area contributed by atoms with Crippen LogP contribution >= 0.6 is 0 Å². The molecule has 1 fully saturated rings. The number of aliphatic imine (C=N–C) groups is 1. The van der Waals surface area contributed by atoms with Gasteiger partial charge in [0.2, 0.25) is 0 Å². The molecule has 0 spiro atoms. The maximum atomic E-state index is 13.9. The van der Waals surface area contributed by atoms with Crippen LogP contribution in [-0.2, 0) is 0 Å². The van der Waals surface area contributed by atoms with Crippen molar-refractivity contribution in [2.24, 2.45) is 10.9 Å². The average Bonchev–Trinajstić information content (AvgIpc) is 3.39. The summed E-state index contributed by atoms with van der Waals surface area (Å²) in [4.78, 5) is 4.20. The highest BCUT2D eigenvalue weighted by atomic mass is 19.1. The Morgan fingerprint density at radius 1 is 1.20 bits per heavy atom. The maximum Gasteiger partial charge on any atom is 0.191 e. The molecule has 2 aromatic carbocycles. The zero-order valence-electron chi connectivity index (χ0n) is 14.5. The highest BCUT2D eigenvalue weighted by molar-refractivity contribution is 5.80. The minimum absolute atomic E-state index is 0.309. The summed E-state index contributed by atoms with van der Waals surface area (Å²) in [5, 5.41) is 6.46. The van der Waals surface area contributed by atoms with Crippen LogP contribution in [-0.4, -0.2) is 19.6 Å². The molecule has 3 rings (SSSR count). The second-order valence-electron chi connectivity index (χ2n) is 6.50. The molecule has 1 aliphatic carbocycles. The molecule has 25 heavy (non-hydrogen) atoms. The van der Waals surface area contributed by atoms with Crippen molar-refractivity contribution in [2.45, 2.75) is 25.3 Å². The molecule has 2 aromatic rings. The van der Waals surface area contributed by atoms with Gasteiger partial charge in [-0.15, -0.1) is 0 Å². The lowest BCUT2D eigenvalue weighted by Crippen LogP contribution is -2.40. The van der Waals surface area contributed by atoms with Crippen molar-refractivity contribution in [1.82, 2.24) is 10.6 Å². The molecule has 2 N–H and O–H groups in total. The number of nitrogens with zero attached hydrogens (tertiary/aromatic N) is 1. The van der Waals surface area contributed by atoms with Crippen LogP contribution in [0.3, 0.4) is 0 Å². The molecular weight excluding hydrogens is 320 g/mol. The van der Waals surface area contributed by atoms with Crippen molar-refractivity contribution < 1.29 is 8.78 Å². The molecule has 3 atom stereocenters. The van der Waals surface area contributed by atoms with Gasteiger partial charge in [0.15, 0.2) is 5.96 Å². The lowest BCUT2D eigenvalue weighted by Gasteiger charge is -2.19. The van der Waals surface area contributed by atoms with Crippen molar-refractivity contribution in [3.05, 3.63) is 71.3 Å². The van der Waals surface area contributed by atoms with Gasteiger partial charge < -0.3 is 10.6 Å². The molecule has 0 bridgehead atoms. The van der Waals surface area contributed by atoms with E-state index in [-0.39, 0.29) is 6.04 Å². The summed E-state index contributed by atoms with van der Waals surface area (Å²) >= 11 is 0. The lowest BCUT2D eigenvalue weighted by molar-refractivity contribution is 0.550. The van der Waals surface area contributed by atoms with E-state index in [9.17, 15) is 8.78 Å². The number of guanidine groups is 1. The van der Waals surface area contributed by atoms with Crippen LogP contribution in [0.15, 0.2) is 53.5 Å². The molecule has 0 aromatic heterocycles. The largest absolute Gasteiger partial charge is 0.356 e. The van der Waals surface area contributed by atoms with Crippen molar-refractivity contribution >= 4 is 5.96 Å². The van der Waals surface area contributed by atoms with Crippen molar-refractivity contribution in [3.63, 3.8) is 0 Å².